The zero-order chi connectivity index (χ0) is 17.7. The van der Waals surface area contributed by atoms with Gasteiger partial charge < -0.3 is 10.1 Å². The SMILES string of the molecule is COc1ccc(/C=C(\C#N)C(=O)Nc2cc(C)ccc2C)cc1I. The van der Waals surface area contributed by atoms with Crippen molar-refractivity contribution in [2.45, 2.75) is 13.8 Å². The van der Waals surface area contributed by atoms with Gasteiger partial charge in [-0.3, -0.25) is 4.79 Å². The molecule has 0 aromatic heterocycles. The van der Waals surface area contributed by atoms with Gasteiger partial charge in [0.2, 0.25) is 0 Å². The first-order valence-corrected chi connectivity index (χ1v) is 8.36. The van der Waals surface area contributed by atoms with Crippen molar-refractivity contribution in [2.75, 3.05) is 12.4 Å². The first kappa shape index (κ1) is 18.0. The molecule has 0 saturated carbocycles. The van der Waals surface area contributed by atoms with E-state index in [9.17, 15) is 10.1 Å². The van der Waals surface area contributed by atoms with Crippen molar-refractivity contribution < 1.29 is 9.53 Å². The summed E-state index contributed by atoms with van der Waals surface area (Å²) >= 11 is 2.15. The molecule has 0 aliphatic carbocycles. The Bertz CT molecular complexity index is 851. The minimum absolute atomic E-state index is 0.0527. The fraction of sp³-hybridized carbons (Fsp3) is 0.158. The van der Waals surface area contributed by atoms with Crippen molar-refractivity contribution in [1.29, 1.82) is 5.26 Å². The average Bonchev–Trinajstić information content (AvgIpc) is 2.56. The van der Waals surface area contributed by atoms with Crippen LogP contribution in [-0.4, -0.2) is 13.0 Å². The van der Waals surface area contributed by atoms with Crippen LogP contribution in [-0.2, 0) is 4.79 Å². The maximum Gasteiger partial charge on any atom is 0.266 e. The fourth-order valence-electron chi connectivity index (χ4n) is 2.15. The molecule has 1 amide bonds. The summed E-state index contributed by atoms with van der Waals surface area (Å²) in [5.74, 6) is 0.336. The smallest absolute Gasteiger partial charge is 0.266 e. The molecule has 0 heterocycles. The van der Waals surface area contributed by atoms with Gasteiger partial charge in [0.25, 0.3) is 5.91 Å². The Morgan fingerprint density at radius 1 is 1.25 bits per heavy atom. The van der Waals surface area contributed by atoms with Crippen LogP contribution in [0.15, 0.2) is 42.0 Å². The molecule has 0 fully saturated rings. The molecule has 122 valence electrons. The van der Waals surface area contributed by atoms with E-state index in [0.29, 0.717) is 5.69 Å². The van der Waals surface area contributed by atoms with Crippen LogP contribution in [0.25, 0.3) is 6.08 Å². The summed E-state index contributed by atoms with van der Waals surface area (Å²) in [7, 11) is 1.60. The molecule has 0 unspecified atom stereocenters. The lowest BCUT2D eigenvalue weighted by molar-refractivity contribution is -0.112. The Morgan fingerprint density at radius 2 is 2.00 bits per heavy atom. The van der Waals surface area contributed by atoms with E-state index in [2.05, 4.69) is 27.9 Å². The van der Waals surface area contributed by atoms with Crippen molar-refractivity contribution in [3.63, 3.8) is 0 Å². The monoisotopic (exact) mass is 432 g/mol. The molecule has 2 aromatic rings. The van der Waals surface area contributed by atoms with Crippen LogP contribution in [0.4, 0.5) is 5.69 Å². The highest BCUT2D eigenvalue weighted by Gasteiger charge is 2.11. The third kappa shape index (κ3) is 4.36. The summed E-state index contributed by atoms with van der Waals surface area (Å²) < 4.78 is 6.12. The highest BCUT2D eigenvalue weighted by atomic mass is 127. The predicted octanol–water partition coefficient (Wildman–Crippen LogP) is 4.46. The minimum atomic E-state index is -0.419. The summed E-state index contributed by atoms with van der Waals surface area (Å²) in [6.45, 7) is 3.87. The number of benzene rings is 2. The van der Waals surface area contributed by atoms with E-state index in [1.54, 1.807) is 13.2 Å². The van der Waals surface area contributed by atoms with E-state index in [0.717, 1.165) is 26.0 Å². The van der Waals surface area contributed by atoms with Gasteiger partial charge in [-0.2, -0.15) is 5.26 Å². The van der Waals surface area contributed by atoms with E-state index < -0.39 is 5.91 Å². The van der Waals surface area contributed by atoms with Crippen LogP contribution in [0.3, 0.4) is 0 Å². The van der Waals surface area contributed by atoms with Crippen molar-refractivity contribution in [3.05, 3.63) is 62.2 Å². The Kier molecular flexibility index (Phi) is 5.99. The quantitative estimate of drug-likeness (QED) is 0.441. The first-order chi connectivity index (χ1) is 11.4. The number of hydrogen-bond donors (Lipinski definition) is 1. The van der Waals surface area contributed by atoms with Gasteiger partial charge in [0, 0.05) is 5.69 Å². The van der Waals surface area contributed by atoms with Gasteiger partial charge in [0.1, 0.15) is 17.4 Å². The highest BCUT2D eigenvalue weighted by Crippen LogP contribution is 2.23. The third-order valence-corrected chi connectivity index (χ3v) is 4.34. The topological polar surface area (TPSA) is 62.1 Å². The Morgan fingerprint density at radius 3 is 2.62 bits per heavy atom. The van der Waals surface area contributed by atoms with E-state index in [-0.39, 0.29) is 5.57 Å². The molecular weight excluding hydrogens is 415 g/mol. The molecule has 0 radical (unpaired) electrons. The van der Waals surface area contributed by atoms with Gasteiger partial charge in [-0.25, -0.2) is 0 Å². The number of carbonyl (C=O) groups is 1. The molecule has 24 heavy (non-hydrogen) atoms. The number of ether oxygens (including phenoxy) is 1. The lowest BCUT2D eigenvalue weighted by Gasteiger charge is -2.09. The van der Waals surface area contributed by atoms with Crippen LogP contribution >= 0.6 is 22.6 Å². The normalized spacial score (nSPS) is 10.9. The number of anilines is 1. The van der Waals surface area contributed by atoms with E-state index in [4.69, 9.17) is 4.74 Å². The molecule has 1 N–H and O–H groups in total. The van der Waals surface area contributed by atoms with E-state index >= 15 is 0 Å². The first-order valence-electron chi connectivity index (χ1n) is 7.28. The fourth-order valence-corrected chi connectivity index (χ4v) is 2.91. The zero-order valence-corrected chi connectivity index (χ0v) is 15.8. The summed E-state index contributed by atoms with van der Waals surface area (Å²) in [5, 5.41) is 12.1. The molecule has 0 saturated heterocycles. The van der Waals surface area contributed by atoms with Gasteiger partial charge in [-0.1, -0.05) is 18.2 Å². The second-order valence-corrected chi connectivity index (χ2v) is 6.50. The number of nitrogens with zero attached hydrogens (tertiary/aromatic N) is 1. The lowest BCUT2D eigenvalue weighted by Crippen LogP contribution is -2.14. The number of carbonyl (C=O) groups excluding carboxylic acids is 1. The molecule has 2 aromatic carbocycles. The number of aryl methyl sites for hydroxylation is 2. The Hall–Kier alpha value is -2.33. The van der Waals surface area contributed by atoms with Crippen LogP contribution in [0, 0.1) is 28.7 Å². The molecule has 0 atom stereocenters. The number of methoxy groups -OCH3 is 1. The second-order valence-electron chi connectivity index (χ2n) is 5.34. The number of nitrogens with one attached hydrogen (secondary N) is 1. The predicted molar refractivity (Wildman–Crippen MR) is 104 cm³/mol. The molecule has 0 bridgehead atoms. The molecule has 5 heteroatoms. The third-order valence-electron chi connectivity index (χ3n) is 3.49. The molecule has 0 aliphatic rings. The Balaban J connectivity index is 2.27. The molecule has 0 aliphatic heterocycles. The number of halogens is 1. The largest absolute Gasteiger partial charge is 0.496 e. The summed E-state index contributed by atoms with van der Waals surface area (Å²) in [4.78, 5) is 12.4. The summed E-state index contributed by atoms with van der Waals surface area (Å²) in [6.07, 6.45) is 1.57. The second kappa shape index (κ2) is 7.97. The highest BCUT2D eigenvalue weighted by molar-refractivity contribution is 14.1. The average molecular weight is 432 g/mol. The number of nitriles is 1. The van der Waals surface area contributed by atoms with Crippen molar-refractivity contribution in [3.8, 4) is 11.8 Å². The van der Waals surface area contributed by atoms with Gasteiger partial charge >= 0.3 is 0 Å². The maximum atomic E-state index is 12.4. The number of amides is 1. The number of rotatable bonds is 4. The van der Waals surface area contributed by atoms with E-state index in [1.807, 2.05) is 56.3 Å². The van der Waals surface area contributed by atoms with Gasteiger partial charge in [0.05, 0.1) is 10.7 Å². The zero-order valence-electron chi connectivity index (χ0n) is 13.7. The maximum absolute atomic E-state index is 12.4. The van der Waals surface area contributed by atoms with Crippen LogP contribution in [0.5, 0.6) is 5.75 Å². The summed E-state index contributed by atoms with van der Waals surface area (Å²) in [6, 6.07) is 13.3. The summed E-state index contributed by atoms with van der Waals surface area (Å²) in [5.41, 5.74) is 3.53. The van der Waals surface area contributed by atoms with Crippen molar-refractivity contribution >= 4 is 40.3 Å². The Labute approximate surface area is 155 Å². The van der Waals surface area contributed by atoms with E-state index in [1.165, 1.54) is 0 Å². The van der Waals surface area contributed by atoms with Crippen LogP contribution < -0.4 is 10.1 Å². The van der Waals surface area contributed by atoms with Gasteiger partial charge in [0.15, 0.2) is 0 Å². The minimum Gasteiger partial charge on any atom is -0.496 e. The lowest BCUT2D eigenvalue weighted by atomic mass is 10.1. The number of hydrogen-bond acceptors (Lipinski definition) is 3. The van der Waals surface area contributed by atoms with Gasteiger partial charge in [-0.05, 0) is 77.4 Å². The molecule has 2 rings (SSSR count). The van der Waals surface area contributed by atoms with Crippen LogP contribution in [0.1, 0.15) is 16.7 Å². The molecular formula is C19H17IN2O2. The van der Waals surface area contributed by atoms with Gasteiger partial charge in [-0.15, -0.1) is 0 Å². The standard InChI is InChI=1S/C19H17IN2O2/c1-12-4-5-13(2)17(8-12)22-19(23)15(11-21)9-14-6-7-18(24-3)16(20)10-14/h4-10H,1-3H3,(H,22,23)/b15-9+. The van der Waals surface area contributed by atoms with Crippen molar-refractivity contribution in [2.24, 2.45) is 0 Å². The van der Waals surface area contributed by atoms with Crippen molar-refractivity contribution in [1.82, 2.24) is 0 Å². The molecule has 4 nitrogen and oxygen atoms in total. The van der Waals surface area contributed by atoms with Crippen LogP contribution in [0.2, 0.25) is 0 Å². The molecule has 0 spiro atoms.